The van der Waals surface area contributed by atoms with Crippen LogP contribution in [-0.4, -0.2) is 11.7 Å². The summed E-state index contributed by atoms with van der Waals surface area (Å²) in [6.07, 6.45) is 4.14. The average molecular weight is 631 g/mol. The van der Waals surface area contributed by atoms with Gasteiger partial charge in [-0.25, -0.2) is 9.98 Å². The van der Waals surface area contributed by atoms with Crippen LogP contribution in [0.2, 0.25) is 0 Å². The van der Waals surface area contributed by atoms with Crippen LogP contribution < -0.4 is 10.6 Å². The number of nitrogens with zero attached hydrogens (tertiary/aromatic N) is 2. The van der Waals surface area contributed by atoms with Gasteiger partial charge < -0.3 is 15.1 Å². The number of fused-ring (bicyclic) bond motifs is 8. The first-order chi connectivity index (χ1) is 24.3. The van der Waals surface area contributed by atoms with E-state index in [1.54, 1.807) is 0 Å². The Bertz CT molecular complexity index is 2670. The second-order valence-corrected chi connectivity index (χ2v) is 12.7. The zero-order valence-corrected chi connectivity index (χ0v) is 26.5. The molecule has 2 aliphatic heterocycles. The molecule has 8 aromatic rings. The molecule has 7 aromatic carbocycles. The van der Waals surface area contributed by atoms with Crippen LogP contribution in [0.3, 0.4) is 0 Å². The molecule has 49 heavy (non-hydrogen) atoms. The van der Waals surface area contributed by atoms with Gasteiger partial charge in [-0.05, 0) is 55.6 Å². The van der Waals surface area contributed by atoms with Crippen LogP contribution in [-0.2, 0) is 0 Å². The Morgan fingerprint density at radius 1 is 0.571 bits per heavy atom. The fourth-order valence-electron chi connectivity index (χ4n) is 7.37. The number of hydrogen-bond donors (Lipinski definition) is 2. The summed E-state index contributed by atoms with van der Waals surface area (Å²) in [6.45, 7) is 0. The SMILES string of the molecule is C1=CC(c2ccc3c(ccc4ccc5ccccc5c43)c2)Nc2oc3cccc(C4=NC(c5ccccc5)=NC(c5ccccc5)N4)c3c21. The zero-order chi connectivity index (χ0) is 32.3. The first-order valence-corrected chi connectivity index (χ1v) is 16.6. The molecule has 5 heteroatoms. The number of rotatable bonds is 4. The Kier molecular flexibility index (Phi) is 6.24. The van der Waals surface area contributed by atoms with E-state index in [0.29, 0.717) is 5.84 Å². The monoisotopic (exact) mass is 630 g/mol. The van der Waals surface area contributed by atoms with E-state index in [2.05, 4.69) is 120 Å². The number of furan rings is 1. The van der Waals surface area contributed by atoms with E-state index in [1.165, 1.54) is 37.9 Å². The average Bonchev–Trinajstić information content (AvgIpc) is 3.56. The third-order valence-electron chi connectivity index (χ3n) is 9.75. The summed E-state index contributed by atoms with van der Waals surface area (Å²) in [5.74, 6) is 2.22. The second-order valence-electron chi connectivity index (χ2n) is 12.7. The van der Waals surface area contributed by atoms with Gasteiger partial charge in [0.05, 0.1) is 6.04 Å². The second kappa shape index (κ2) is 11.1. The first kappa shape index (κ1) is 27.6. The molecule has 0 fully saturated rings. The molecule has 0 aliphatic carbocycles. The number of benzene rings is 7. The van der Waals surface area contributed by atoms with Crippen LogP contribution in [0.1, 0.15) is 40.0 Å². The largest absolute Gasteiger partial charge is 0.440 e. The molecule has 0 spiro atoms. The van der Waals surface area contributed by atoms with Gasteiger partial charge in [-0.2, -0.15) is 0 Å². The van der Waals surface area contributed by atoms with Crippen molar-refractivity contribution in [2.24, 2.45) is 9.98 Å². The van der Waals surface area contributed by atoms with Gasteiger partial charge >= 0.3 is 0 Å². The van der Waals surface area contributed by atoms with E-state index in [9.17, 15) is 0 Å². The van der Waals surface area contributed by atoms with Crippen LogP contribution in [0.5, 0.6) is 0 Å². The number of aliphatic imine (C=N–C) groups is 2. The zero-order valence-electron chi connectivity index (χ0n) is 26.5. The summed E-state index contributed by atoms with van der Waals surface area (Å²) in [7, 11) is 0. The predicted octanol–water partition coefficient (Wildman–Crippen LogP) is 10.6. The third-order valence-corrected chi connectivity index (χ3v) is 9.75. The molecule has 0 amide bonds. The minimum Gasteiger partial charge on any atom is -0.440 e. The van der Waals surface area contributed by atoms with Crippen LogP contribution in [0.25, 0.3) is 49.4 Å². The highest BCUT2D eigenvalue weighted by Crippen LogP contribution is 2.41. The Hall–Kier alpha value is -6.46. The van der Waals surface area contributed by atoms with Gasteiger partial charge in [0, 0.05) is 22.1 Å². The van der Waals surface area contributed by atoms with E-state index >= 15 is 0 Å². The van der Waals surface area contributed by atoms with E-state index in [1.807, 2.05) is 48.5 Å². The van der Waals surface area contributed by atoms with Crippen molar-refractivity contribution in [2.45, 2.75) is 12.2 Å². The molecule has 5 nitrogen and oxygen atoms in total. The van der Waals surface area contributed by atoms with E-state index < -0.39 is 0 Å². The summed E-state index contributed by atoms with van der Waals surface area (Å²) in [4.78, 5) is 10.1. The molecular weight excluding hydrogens is 601 g/mol. The van der Waals surface area contributed by atoms with Crippen LogP contribution in [0.4, 0.5) is 5.88 Å². The van der Waals surface area contributed by atoms with Crippen molar-refractivity contribution in [2.75, 3.05) is 5.32 Å². The molecule has 2 aliphatic rings. The summed E-state index contributed by atoms with van der Waals surface area (Å²) in [6, 6.07) is 50.9. The minimum atomic E-state index is -0.275. The molecule has 0 saturated carbocycles. The highest BCUT2D eigenvalue weighted by atomic mass is 16.4. The predicted molar refractivity (Wildman–Crippen MR) is 202 cm³/mol. The van der Waals surface area contributed by atoms with Crippen molar-refractivity contribution in [1.82, 2.24) is 5.32 Å². The van der Waals surface area contributed by atoms with Gasteiger partial charge in [-0.15, -0.1) is 0 Å². The normalized spacial score (nSPS) is 17.1. The van der Waals surface area contributed by atoms with Gasteiger partial charge in [0.25, 0.3) is 0 Å². The van der Waals surface area contributed by atoms with Gasteiger partial charge in [0.1, 0.15) is 17.6 Å². The lowest BCUT2D eigenvalue weighted by Gasteiger charge is -2.24. The number of amidine groups is 2. The molecule has 0 radical (unpaired) electrons. The highest BCUT2D eigenvalue weighted by molar-refractivity contribution is 6.21. The molecule has 232 valence electrons. The lowest BCUT2D eigenvalue weighted by Crippen LogP contribution is -2.33. The number of anilines is 1. The molecule has 2 unspecified atom stereocenters. The first-order valence-electron chi connectivity index (χ1n) is 16.6. The lowest BCUT2D eigenvalue weighted by molar-refractivity contribution is 0.619. The number of hydrogen-bond acceptors (Lipinski definition) is 5. The molecule has 0 saturated heterocycles. The Balaban J connectivity index is 1.04. The summed E-state index contributed by atoms with van der Waals surface area (Å²) in [5, 5.41) is 15.9. The van der Waals surface area contributed by atoms with E-state index in [4.69, 9.17) is 14.4 Å². The van der Waals surface area contributed by atoms with Crippen LogP contribution >= 0.6 is 0 Å². The van der Waals surface area contributed by atoms with Crippen molar-refractivity contribution < 1.29 is 4.42 Å². The molecule has 1 aromatic heterocycles. The maximum Gasteiger partial charge on any atom is 0.202 e. The van der Waals surface area contributed by atoms with E-state index in [0.717, 1.165) is 44.9 Å². The lowest BCUT2D eigenvalue weighted by atomic mass is 9.93. The number of nitrogens with one attached hydrogen (secondary N) is 2. The maximum atomic E-state index is 6.51. The molecule has 2 atom stereocenters. The van der Waals surface area contributed by atoms with Crippen molar-refractivity contribution in [3.8, 4) is 0 Å². The van der Waals surface area contributed by atoms with Crippen molar-refractivity contribution >= 4 is 66.9 Å². The van der Waals surface area contributed by atoms with Crippen LogP contribution in [0.15, 0.2) is 166 Å². The summed E-state index contributed by atoms with van der Waals surface area (Å²) < 4.78 is 6.51. The van der Waals surface area contributed by atoms with Gasteiger partial charge in [0.15, 0.2) is 5.84 Å². The Morgan fingerprint density at radius 3 is 2.20 bits per heavy atom. The van der Waals surface area contributed by atoms with Gasteiger partial charge in [0.2, 0.25) is 5.88 Å². The fourth-order valence-corrected chi connectivity index (χ4v) is 7.37. The third kappa shape index (κ3) is 4.62. The minimum absolute atomic E-state index is 0.0337. The Labute approximate surface area is 283 Å². The topological polar surface area (TPSA) is 61.9 Å². The van der Waals surface area contributed by atoms with E-state index in [-0.39, 0.29) is 12.2 Å². The van der Waals surface area contributed by atoms with Crippen molar-refractivity contribution in [3.63, 3.8) is 0 Å². The standard InChI is InChI=1S/C44H30N4O/c1-3-11-29(12-4-1)41-46-42(30-13-5-2-6-14-30)48-43(47-41)35-16-9-17-38-40(35)36-24-25-37(45-44(36)49-38)32-22-23-34-31(26-32)21-20-28-19-18-27-10-7-8-15-33(27)39(28)34/h1-26,37,41,45H,(H,46,47,48). The van der Waals surface area contributed by atoms with Crippen molar-refractivity contribution in [3.05, 3.63) is 179 Å². The summed E-state index contributed by atoms with van der Waals surface area (Å²) >= 11 is 0. The molecule has 10 rings (SSSR count). The highest BCUT2D eigenvalue weighted by Gasteiger charge is 2.27. The quantitative estimate of drug-likeness (QED) is 0.190. The summed E-state index contributed by atoms with van der Waals surface area (Å²) in [5.41, 5.74) is 6.03. The molecule has 3 heterocycles. The Morgan fingerprint density at radius 2 is 1.33 bits per heavy atom. The van der Waals surface area contributed by atoms with Gasteiger partial charge in [-0.1, -0.05) is 146 Å². The fraction of sp³-hybridized carbons (Fsp3) is 0.0455. The van der Waals surface area contributed by atoms with Crippen LogP contribution in [0, 0.1) is 0 Å². The molecule has 2 N–H and O–H groups in total. The van der Waals surface area contributed by atoms with Crippen molar-refractivity contribution in [1.29, 1.82) is 0 Å². The molecular formula is C44H30N4O. The maximum absolute atomic E-state index is 6.51. The smallest absolute Gasteiger partial charge is 0.202 e. The van der Waals surface area contributed by atoms with Gasteiger partial charge in [-0.3, -0.25) is 0 Å². The molecule has 0 bridgehead atoms.